The molecule has 0 radical (unpaired) electrons. The second-order valence-corrected chi connectivity index (χ2v) is 12.6. The number of nitrogens with one attached hydrogen (secondary N) is 2. The summed E-state index contributed by atoms with van der Waals surface area (Å²) < 4.78 is 22.6. The van der Waals surface area contributed by atoms with Gasteiger partial charge in [-0.1, -0.05) is 47.5 Å². The summed E-state index contributed by atoms with van der Waals surface area (Å²) in [5, 5.41) is 22.1. The normalized spacial score (nSPS) is 12.2. The van der Waals surface area contributed by atoms with Crippen LogP contribution in [-0.2, 0) is 19.2 Å². The first-order chi connectivity index (χ1) is 26.9. The lowest BCUT2D eigenvalue weighted by Crippen LogP contribution is -2.32. The summed E-state index contributed by atoms with van der Waals surface area (Å²) in [6.07, 6.45) is 0. The molecule has 0 bridgehead atoms. The zero-order valence-corrected chi connectivity index (χ0v) is 33.2. The van der Waals surface area contributed by atoms with Gasteiger partial charge < -0.3 is 29.6 Å². The highest BCUT2D eigenvalue weighted by molar-refractivity contribution is 6.34. The minimum Gasteiger partial charge on any atom is -0.492 e. The van der Waals surface area contributed by atoms with E-state index in [0.29, 0.717) is 60.6 Å². The van der Waals surface area contributed by atoms with Gasteiger partial charge in [-0.25, -0.2) is 0 Å². The second kappa shape index (κ2) is 20.7. The van der Waals surface area contributed by atoms with Crippen molar-refractivity contribution in [2.45, 2.75) is 53.6 Å². The highest BCUT2D eigenvalue weighted by atomic mass is 35.5. The number of rotatable bonds is 19. The van der Waals surface area contributed by atoms with Crippen LogP contribution < -0.4 is 29.6 Å². The van der Waals surface area contributed by atoms with Crippen LogP contribution in [0.3, 0.4) is 0 Å². The van der Waals surface area contributed by atoms with Crippen molar-refractivity contribution in [3.63, 3.8) is 0 Å². The topological polar surface area (TPSA) is 179 Å². The van der Waals surface area contributed by atoms with Gasteiger partial charge in [0.2, 0.25) is 12.1 Å². The Kier molecular flexibility index (Phi) is 15.9. The zero-order valence-electron chi connectivity index (χ0n) is 31.7. The minimum atomic E-state index is -1.48. The number of anilines is 2. The number of Topliss-reactive ketones (excluding diaryl/α,β-unsaturated/α-hetero) is 2. The van der Waals surface area contributed by atoms with E-state index in [1.54, 1.807) is 100 Å². The van der Waals surface area contributed by atoms with Crippen LogP contribution in [0.4, 0.5) is 22.7 Å². The molecular formula is C40H42Cl2N6O8. The number of amides is 2. The van der Waals surface area contributed by atoms with Crippen molar-refractivity contribution in [3.8, 4) is 34.1 Å². The SMILES string of the molecule is CCOc1cccc(OCC)c1NC(=O)C(N=Nc1ccc(-c2ccc(N=NC(C(C)=O)C(=O)Nc3c(OCC)cccc3OCC)c(Cl)c2)cc1Cl)C(C)=O. The molecule has 0 fully saturated rings. The Hall–Kier alpha value is -5.86. The molecule has 0 aliphatic carbocycles. The predicted octanol–water partition coefficient (Wildman–Crippen LogP) is 9.62. The Morgan fingerprint density at radius 3 is 1.14 bits per heavy atom. The van der Waals surface area contributed by atoms with Gasteiger partial charge >= 0.3 is 0 Å². The molecule has 0 heterocycles. The molecule has 2 amide bonds. The summed E-state index contributed by atoms with van der Waals surface area (Å²) >= 11 is 13.1. The van der Waals surface area contributed by atoms with Gasteiger partial charge in [-0.05, 0) is 101 Å². The molecule has 0 aliphatic heterocycles. The molecule has 0 spiro atoms. The number of halogens is 2. The zero-order chi connectivity index (χ0) is 40.8. The first-order valence-electron chi connectivity index (χ1n) is 17.7. The van der Waals surface area contributed by atoms with Crippen molar-refractivity contribution >= 4 is 69.3 Å². The number of ether oxygens (including phenoxy) is 4. The van der Waals surface area contributed by atoms with E-state index >= 15 is 0 Å². The van der Waals surface area contributed by atoms with Gasteiger partial charge in [0.05, 0.1) is 36.5 Å². The van der Waals surface area contributed by atoms with Crippen LogP contribution in [0, 0.1) is 0 Å². The van der Waals surface area contributed by atoms with Crippen LogP contribution in [0.2, 0.25) is 10.0 Å². The lowest BCUT2D eigenvalue weighted by Gasteiger charge is -2.17. The van der Waals surface area contributed by atoms with E-state index < -0.39 is 35.5 Å². The average molecular weight is 806 g/mol. The number of ketones is 2. The van der Waals surface area contributed by atoms with E-state index in [-0.39, 0.29) is 32.8 Å². The lowest BCUT2D eigenvalue weighted by molar-refractivity contribution is -0.127. The van der Waals surface area contributed by atoms with Gasteiger partial charge in [0.15, 0.2) is 11.6 Å². The van der Waals surface area contributed by atoms with Crippen LogP contribution >= 0.6 is 23.2 Å². The van der Waals surface area contributed by atoms with Crippen LogP contribution in [0.15, 0.2) is 93.3 Å². The molecular weight excluding hydrogens is 763 g/mol. The van der Waals surface area contributed by atoms with Crippen LogP contribution in [-0.4, -0.2) is 61.9 Å². The number of benzene rings is 4. The van der Waals surface area contributed by atoms with E-state index in [2.05, 4.69) is 31.1 Å². The number of azo groups is 2. The quantitative estimate of drug-likeness (QED) is 0.0695. The van der Waals surface area contributed by atoms with Crippen molar-refractivity contribution in [2.75, 3.05) is 37.1 Å². The first kappa shape index (κ1) is 42.9. The molecule has 0 saturated heterocycles. The maximum absolute atomic E-state index is 13.3. The van der Waals surface area contributed by atoms with E-state index in [1.807, 2.05) is 0 Å². The third-order valence-corrected chi connectivity index (χ3v) is 8.33. The van der Waals surface area contributed by atoms with E-state index in [0.717, 1.165) is 0 Å². The summed E-state index contributed by atoms with van der Waals surface area (Å²) in [5.74, 6) is -1.05. The maximum Gasteiger partial charge on any atom is 0.259 e. The third kappa shape index (κ3) is 11.1. The number of hydrogen-bond donors (Lipinski definition) is 2. The predicted molar refractivity (Wildman–Crippen MR) is 215 cm³/mol. The average Bonchev–Trinajstić information content (AvgIpc) is 3.15. The second-order valence-electron chi connectivity index (χ2n) is 11.8. The summed E-state index contributed by atoms with van der Waals surface area (Å²) in [6.45, 7) is 11.0. The van der Waals surface area contributed by atoms with Gasteiger partial charge in [0, 0.05) is 0 Å². The molecule has 0 aromatic heterocycles. The largest absolute Gasteiger partial charge is 0.492 e. The van der Waals surface area contributed by atoms with Crippen molar-refractivity contribution in [2.24, 2.45) is 20.5 Å². The van der Waals surface area contributed by atoms with Crippen molar-refractivity contribution in [3.05, 3.63) is 82.8 Å². The van der Waals surface area contributed by atoms with Gasteiger partial charge in [-0.3, -0.25) is 19.2 Å². The number of hydrogen-bond acceptors (Lipinski definition) is 12. The third-order valence-electron chi connectivity index (χ3n) is 7.73. The monoisotopic (exact) mass is 804 g/mol. The smallest absolute Gasteiger partial charge is 0.259 e. The number of para-hydroxylation sites is 2. The molecule has 16 heteroatoms. The van der Waals surface area contributed by atoms with Gasteiger partial charge in [-0.2, -0.15) is 20.5 Å². The highest BCUT2D eigenvalue weighted by Gasteiger charge is 2.27. The molecule has 2 unspecified atom stereocenters. The van der Waals surface area contributed by atoms with E-state index in [4.69, 9.17) is 42.1 Å². The lowest BCUT2D eigenvalue weighted by atomic mass is 10.0. The molecule has 2 N–H and O–H groups in total. The standard InChI is InChI=1S/C40H42Cl2N6O8/c1-7-53-31-13-11-14-32(54-8-2)37(31)43-39(51)35(23(5)49)47-45-29-19-17-25(21-27(29)41)26-18-20-30(28(42)22-26)46-48-36(24(6)50)40(52)44-38-33(55-9-3)15-12-16-34(38)56-10-4/h11-22,35-36H,7-10H2,1-6H3,(H,43,51)(H,44,52). The molecule has 4 rings (SSSR count). The Morgan fingerprint density at radius 1 is 0.554 bits per heavy atom. The molecule has 0 aliphatic rings. The Bertz CT molecular complexity index is 1930. The highest BCUT2D eigenvalue weighted by Crippen LogP contribution is 2.38. The van der Waals surface area contributed by atoms with E-state index in [1.165, 1.54) is 13.8 Å². The summed E-state index contributed by atoms with van der Waals surface area (Å²) in [7, 11) is 0. The van der Waals surface area contributed by atoms with Crippen LogP contribution in [0.1, 0.15) is 41.5 Å². The molecule has 0 saturated carbocycles. The maximum atomic E-state index is 13.3. The fraction of sp³-hybridized carbons (Fsp3) is 0.300. The molecule has 4 aromatic carbocycles. The van der Waals surface area contributed by atoms with Gasteiger partial charge in [0.1, 0.15) is 45.7 Å². The number of nitrogens with zero attached hydrogens (tertiary/aromatic N) is 4. The molecule has 2 atom stereocenters. The minimum absolute atomic E-state index is 0.183. The Balaban J connectivity index is 1.50. The Morgan fingerprint density at radius 2 is 0.875 bits per heavy atom. The fourth-order valence-electron chi connectivity index (χ4n) is 5.17. The Labute approximate surface area is 334 Å². The molecule has 294 valence electrons. The number of carbonyl (C=O) groups is 4. The number of carbonyl (C=O) groups excluding carboxylic acids is 4. The summed E-state index contributed by atoms with van der Waals surface area (Å²) in [6, 6.07) is 17.0. The van der Waals surface area contributed by atoms with Crippen molar-refractivity contribution in [1.29, 1.82) is 0 Å². The summed E-state index contributed by atoms with van der Waals surface area (Å²) in [4.78, 5) is 51.5. The first-order valence-corrected chi connectivity index (χ1v) is 18.5. The van der Waals surface area contributed by atoms with Crippen molar-refractivity contribution < 1.29 is 38.1 Å². The van der Waals surface area contributed by atoms with Gasteiger partial charge in [-0.15, -0.1) is 0 Å². The van der Waals surface area contributed by atoms with E-state index in [9.17, 15) is 19.2 Å². The van der Waals surface area contributed by atoms with Crippen LogP contribution in [0.25, 0.3) is 11.1 Å². The fourth-order valence-corrected chi connectivity index (χ4v) is 5.60. The molecule has 14 nitrogen and oxygen atoms in total. The summed E-state index contributed by atoms with van der Waals surface area (Å²) in [5.41, 5.74) is 2.26. The van der Waals surface area contributed by atoms with Crippen molar-refractivity contribution in [1.82, 2.24) is 0 Å². The van der Waals surface area contributed by atoms with Crippen LogP contribution in [0.5, 0.6) is 23.0 Å². The molecule has 4 aromatic rings. The van der Waals surface area contributed by atoms with Gasteiger partial charge in [0.25, 0.3) is 11.8 Å². The molecule has 56 heavy (non-hydrogen) atoms.